The van der Waals surface area contributed by atoms with Gasteiger partial charge >= 0.3 is 5.97 Å². The highest BCUT2D eigenvalue weighted by Crippen LogP contribution is 2.27. The standard InChI is InChI=1S/C13H17FO3/c1-4-9(8-13(15)17-3)10-5-6-12(16-2)11(14)7-10/h5-7,9H,4,8H2,1-3H3. The van der Waals surface area contributed by atoms with E-state index in [0.717, 1.165) is 12.0 Å². The summed E-state index contributed by atoms with van der Waals surface area (Å²) >= 11 is 0. The maximum absolute atomic E-state index is 13.5. The monoisotopic (exact) mass is 240 g/mol. The molecule has 94 valence electrons. The molecule has 4 heteroatoms. The summed E-state index contributed by atoms with van der Waals surface area (Å²) in [5, 5.41) is 0. The van der Waals surface area contributed by atoms with Gasteiger partial charge in [-0.3, -0.25) is 4.79 Å². The number of rotatable bonds is 5. The Labute approximate surface area is 101 Å². The minimum atomic E-state index is -0.409. The number of carbonyl (C=O) groups excluding carboxylic acids is 1. The normalized spacial score (nSPS) is 12.0. The molecule has 0 amide bonds. The Bertz CT molecular complexity index is 390. The Balaban J connectivity index is 2.88. The van der Waals surface area contributed by atoms with Gasteiger partial charge in [-0.2, -0.15) is 0 Å². The molecule has 0 aliphatic heterocycles. The van der Waals surface area contributed by atoms with Crippen LogP contribution in [-0.4, -0.2) is 20.2 Å². The zero-order valence-electron chi connectivity index (χ0n) is 10.3. The van der Waals surface area contributed by atoms with E-state index in [1.807, 2.05) is 6.92 Å². The molecule has 1 aromatic rings. The van der Waals surface area contributed by atoms with Crippen molar-refractivity contribution in [2.45, 2.75) is 25.7 Å². The van der Waals surface area contributed by atoms with Crippen molar-refractivity contribution in [3.8, 4) is 5.75 Å². The van der Waals surface area contributed by atoms with E-state index in [1.54, 1.807) is 12.1 Å². The van der Waals surface area contributed by atoms with Crippen LogP contribution in [0.3, 0.4) is 0 Å². The number of esters is 1. The number of ether oxygens (including phenoxy) is 2. The Hall–Kier alpha value is -1.58. The highest BCUT2D eigenvalue weighted by Gasteiger charge is 2.16. The highest BCUT2D eigenvalue weighted by molar-refractivity contribution is 5.70. The second kappa shape index (κ2) is 6.23. The summed E-state index contributed by atoms with van der Waals surface area (Å²) in [6, 6.07) is 4.76. The summed E-state index contributed by atoms with van der Waals surface area (Å²) in [5.41, 5.74) is 0.788. The molecule has 0 radical (unpaired) electrons. The molecule has 1 rings (SSSR count). The van der Waals surface area contributed by atoms with Gasteiger partial charge in [0.2, 0.25) is 0 Å². The summed E-state index contributed by atoms with van der Waals surface area (Å²) in [6.07, 6.45) is 1.01. The lowest BCUT2D eigenvalue weighted by molar-refractivity contribution is -0.141. The van der Waals surface area contributed by atoms with Crippen LogP contribution in [0.4, 0.5) is 4.39 Å². The zero-order chi connectivity index (χ0) is 12.8. The van der Waals surface area contributed by atoms with Crippen LogP contribution in [0.5, 0.6) is 5.75 Å². The maximum atomic E-state index is 13.5. The van der Waals surface area contributed by atoms with E-state index in [9.17, 15) is 9.18 Å². The van der Waals surface area contributed by atoms with Crippen LogP contribution in [0.25, 0.3) is 0 Å². The number of halogens is 1. The highest BCUT2D eigenvalue weighted by atomic mass is 19.1. The molecule has 1 aromatic carbocycles. The van der Waals surface area contributed by atoms with E-state index < -0.39 is 5.82 Å². The molecule has 3 nitrogen and oxygen atoms in total. The summed E-state index contributed by atoms with van der Waals surface area (Å²) in [4.78, 5) is 11.2. The van der Waals surface area contributed by atoms with Crippen molar-refractivity contribution in [2.75, 3.05) is 14.2 Å². The molecule has 0 N–H and O–H groups in total. The van der Waals surface area contributed by atoms with Gasteiger partial charge in [0.1, 0.15) is 0 Å². The Morgan fingerprint density at radius 1 is 1.41 bits per heavy atom. The zero-order valence-corrected chi connectivity index (χ0v) is 10.3. The molecule has 1 atom stereocenters. The summed E-state index contributed by atoms with van der Waals surface area (Å²) in [5.74, 6) is -0.508. The van der Waals surface area contributed by atoms with E-state index in [1.165, 1.54) is 20.3 Å². The summed E-state index contributed by atoms with van der Waals surface area (Å²) in [7, 11) is 2.77. The Morgan fingerprint density at radius 2 is 2.12 bits per heavy atom. The first-order valence-corrected chi connectivity index (χ1v) is 5.52. The molecule has 0 saturated carbocycles. The van der Waals surface area contributed by atoms with E-state index >= 15 is 0 Å². The van der Waals surface area contributed by atoms with Gasteiger partial charge in [-0.15, -0.1) is 0 Å². The van der Waals surface area contributed by atoms with E-state index in [4.69, 9.17) is 4.74 Å². The second-order valence-electron chi connectivity index (χ2n) is 3.78. The first-order chi connectivity index (χ1) is 8.12. The quantitative estimate of drug-likeness (QED) is 0.742. The van der Waals surface area contributed by atoms with Crippen molar-refractivity contribution in [2.24, 2.45) is 0 Å². The van der Waals surface area contributed by atoms with Gasteiger partial charge in [0.25, 0.3) is 0 Å². The molecule has 0 aromatic heterocycles. The SMILES string of the molecule is CCC(CC(=O)OC)c1ccc(OC)c(F)c1. The van der Waals surface area contributed by atoms with Crippen molar-refractivity contribution in [1.29, 1.82) is 0 Å². The molecule has 1 unspecified atom stereocenters. The molecule has 0 aliphatic rings. The predicted molar refractivity (Wildman–Crippen MR) is 62.6 cm³/mol. The molecule has 0 saturated heterocycles. The van der Waals surface area contributed by atoms with Crippen LogP contribution in [-0.2, 0) is 9.53 Å². The third kappa shape index (κ3) is 3.44. The number of methoxy groups -OCH3 is 2. The lowest BCUT2D eigenvalue weighted by Gasteiger charge is -2.14. The minimum absolute atomic E-state index is 0.0251. The Morgan fingerprint density at radius 3 is 2.59 bits per heavy atom. The first-order valence-electron chi connectivity index (χ1n) is 5.52. The fourth-order valence-electron chi connectivity index (χ4n) is 1.72. The lowest BCUT2D eigenvalue weighted by atomic mass is 9.93. The van der Waals surface area contributed by atoms with E-state index in [2.05, 4.69) is 4.74 Å². The largest absolute Gasteiger partial charge is 0.494 e. The predicted octanol–water partition coefficient (Wildman–Crippen LogP) is 2.89. The van der Waals surface area contributed by atoms with Crippen LogP contribution in [0.15, 0.2) is 18.2 Å². The van der Waals surface area contributed by atoms with Crippen molar-refractivity contribution < 1.29 is 18.7 Å². The fourth-order valence-corrected chi connectivity index (χ4v) is 1.72. The molecule has 17 heavy (non-hydrogen) atoms. The van der Waals surface area contributed by atoms with Gasteiger partial charge in [0.15, 0.2) is 11.6 Å². The van der Waals surface area contributed by atoms with Crippen molar-refractivity contribution in [3.05, 3.63) is 29.6 Å². The molecule has 0 heterocycles. The van der Waals surface area contributed by atoms with Crippen molar-refractivity contribution >= 4 is 5.97 Å². The van der Waals surface area contributed by atoms with Crippen molar-refractivity contribution in [3.63, 3.8) is 0 Å². The lowest BCUT2D eigenvalue weighted by Crippen LogP contribution is -2.08. The maximum Gasteiger partial charge on any atom is 0.306 e. The van der Waals surface area contributed by atoms with E-state index in [-0.39, 0.29) is 24.1 Å². The van der Waals surface area contributed by atoms with Crippen LogP contribution in [0, 0.1) is 5.82 Å². The molecule has 0 bridgehead atoms. The van der Waals surface area contributed by atoms with Gasteiger partial charge in [-0.1, -0.05) is 13.0 Å². The minimum Gasteiger partial charge on any atom is -0.494 e. The number of carbonyl (C=O) groups is 1. The first kappa shape index (κ1) is 13.5. The fraction of sp³-hybridized carbons (Fsp3) is 0.462. The molecule has 0 spiro atoms. The summed E-state index contributed by atoms with van der Waals surface area (Å²) < 4.78 is 23.0. The third-order valence-electron chi connectivity index (χ3n) is 2.78. The molecule has 0 aliphatic carbocycles. The van der Waals surface area contributed by atoms with Gasteiger partial charge in [0.05, 0.1) is 20.6 Å². The summed E-state index contributed by atoms with van der Waals surface area (Å²) in [6.45, 7) is 1.95. The molecular weight excluding hydrogens is 223 g/mol. The molecular formula is C13H17FO3. The van der Waals surface area contributed by atoms with E-state index in [0.29, 0.717) is 0 Å². The van der Waals surface area contributed by atoms with Crippen LogP contribution < -0.4 is 4.74 Å². The van der Waals surface area contributed by atoms with Gasteiger partial charge in [0, 0.05) is 0 Å². The average molecular weight is 240 g/mol. The van der Waals surface area contributed by atoms with Gasteiger partial charge in [-0.05, 0) is 30.0 Å². The number of benzene rings is 1. The van der Waals surface area contributed by atoms with Gasteiger partial charge in [-0.25, -0.2) is 4.39 Å². The number of hydrogen-bond donors (Lipinski definition) is 0. The van der Waals surface area contributed by atoms with Crippen LogP contribution in [0.1, 0.15) is 31.2 Å². The topological polar surface area (TPSA) is 35.5 Å². The Kier molecular flexibility index (Phi) is 4.94. The molecule has 0 fully saturated rings. The number of hydrogen-bond acceptors (Lipinski definition) is 3. The third-order valence-corrected chi connectivity index (χ3v) is 2.78. The smallest absolute Gasteiger partial charge is 0.306 e. The van der Waals surface area contributed by atoms with Crippen LogP contribution >= 0.6 is 0 Å². The van der Waals surface area contributed by atoms with Crippen LogP contribution in [0.2, 0.25) is 0 Å². The second-order valence-corrected chi connectivity index (χ2v) is 3.78. The van der Waals surface area contributed by atoms with Gasteiger partial charge < -0.3 is 9.47 Å². The average Bonchev–Trinajstić information content (AvgIpc) is 2.35. The van der Waals surface area contributed by atoms with Crippen molar-refractivity contribution in [1.82, 2.24) is 0 Å².